The molecule has 0 aromatic carbocycles. The van der Waals surface area contributed by atoms with Crippen molar-refractivity contribution in [1.29, 1.82) is 0 Å². The molecule has 94 valence electrons. The van der Waals surface area contributed by atoms with E-state index in [0.717, 1.165) is 30.8 Å². The van der Waals surface area contributed by atoms with Crippen molar-refractivity contribution in [2.45, 2.75) is 31.8 Å². The number of carbonyl (C=O) groups is 1. The van der Waals surface area contributed by atoms with Crippen LogP contribution in [0.25, 0.3) is 0 Å². The maximum absolute atomic E-state index is 11.9. The Hall–Kier alpha value is -1.62. The lowest BCUT2D eigenvalue weighted by atomic mass is 10.1. The van der Waals surface area contributed by atoms with E-state index in [2.05, 4.69) is 14.9 Å². The number of fused-ring (bicyclic) bond motifs is 1. The smallest absolute Gasteiger partial charge is 0.224 e. The number of hydrogen-bond acceptors (Lipinski definition) is 3. The molecule has 1 amide bonds. The molecule has 0 fully saturated rings. The summed E-state index contributed by atoms with van der Waals surface area (Å²) in [6, 6.07) is 2.23. The molecule has 18 heavy (non-hydrogen) atoms. The molecule has 1 atom stereocenters. The van der Waals surface area contributed by atoms with Crippen molar-refractivity contribution in [1.82, 2.24) is 14.9 Å². The average molecular weight is 261 g/mol. The Kier molecular flexibility index (Phi) is 3.15. The molecule has 0 aliphatic carbocycles. The van der Waals surface area contributed by atoms with Crippen LogP contribution in [-0.4, -0.2) is 21.5 Å². The number of rotatable bonds is 3. The maximum Gasteiger partial charge on any atom is 0.224 e. The first-order valence-electron chi connectivity index (χ1n) is 6.12. The SMILES string of the molecule is O=C(Cc1ccsc1)NC1CCc2nccn2C1. The zero-order valence-electron chi connectivity index (χ0n) is 10.0. The number of aryl methyl sites for hydroxylation is 1. The number of aromatic nitrogens is 2. The third-order valence-corrected chi connectivity index (χ3v) is 3.98. The summed E-state index contributed by atoms with van der Waals surface area (Å²) in [6.07, 6.45) is 6.21. The van der Waals surface area contributed by atoms with Crippen molar-refractivity contribution in [2.75, 3.05) is 0 Å². The molecule has 3 heterocycles. The molecule has 2 aromatic rings. The van der Waals surface area contributed by atoms with Crippen molar-refractivity contribution in [3.63, 3.8) is 0 Å². The van der Waals surface area contributed by atoms with Crippen molar-refractivity contribution in [3.05, 3.63) is 40.6 Å². The highest BCUT2D eigenvalue weighted by molar-refractivity contribution is 7.07. The molecule has 1 N–H and O–H groups in total. The van der Waals surface area contributed by atoms with E-state index in [1.807, 2.05) is 29.2 Å². The summed E-state index contributed by atoms with van der Waals surface area (Å²) in [6.45, 7) is 0.838. The van der Waals surface area contributed by atoms with Gasteiger partial charge in [0.15, 0.2) is 0 Å². The lowest BCUT2D eigenvalue weighted by Crippen LogP contribution is -2.41. The number of amides is 1. The normalized spacial score (nSPS) is 18.3. The Bertz CT molecular complexity index is 532. The fourth-order valence-corrected chi connectivity index (χ4v) is 3.01. The van der Waals surface area contributed by atoms with Gasteiger partial charge in [-0.05, 0) is 28.8 Å². The Labute approximate surface area is 110 Å². The van der Waals surface area contributed by atoms with Crippen LogP contribution >= 0.6 is 11.3 Å². The van der Waals surface area contributed by atoms with Crippen LogP contribution in [-0.2, 0) is 24.2 Å². The summed E-state index contributed by atoms with van der Waals surface area (Å²) in [5.74, 6) is 1.24. The molecule has 0 saturated heterocycles. The highest BCUT2D eigenvalue weighted by atomic mass is 32.1. The Morgan fingerprint density at radius 2 is 2.56 bits per heavy atom. The monoisotopic (exact) mass is 261 g/mol. The van der Waals surface area contributed by atoms with Crippen LogP contribution < -0.4 is 5.32 Å². The van der Waals surface area contributed by atoms with E-state index >= 15 is 0 Å². The number of hydrogen-bond donors (Lipinski definition) is 1. The van der Waals surface area contributed by atoms with Crippen LogP contribution in [0.2, 0.25) is 0 Å². The van der Waals surface area contributed by atoms with E-state index in [1.54, 1.807) is 11.3 Å². The molecule has 2 aromatic heterocycles. The molecule has 0 bridgehead atoms. The molecule has 0 saturated carbocycles. The lowest BCUT2D eigenvalue weighted by molar-refractivity contribution is -0.121. The molecule has 3 rings (SSSR count). The Morgan fingerprint density at radius 1 is 1.61 bits per heavy atom. The Morgan fingerprint density at radius 3 is 3.39 bits per heavy atom. The quantitative estimate of drug-likeness (QED) is 0.912. The van der Waals surface area contributed by atoms with Gasteiger partial charge in [0.05, 0.1) is 6.42 Å². The number of thiophene rings is 1. The van der Waals surface area contributed by atoms with E-state index < -0.39 is 0 Å². The number of nitrogens with zero attached hydrogens (tertiary/aromatic N) is 2. The first kappa shape index (κ1) is 11.5. The second-order valence-electron chi connectivity index (χ2n) is 4.61. The molecule has 1 aliphatic heterocycles. The minimum absolute atomic E-state index is 0.113. The fourth-order valence-electron chi connectivity index (χ4n) is 2.34. The Balaban J connectivity index is 1.56. The summed E-state index contributed by atoms with van der Waals surface area (Å²) < 4.78 is 2.12. The van der Waals surface area contributed by atoms with E-state index in [0.29, 0.717) is 6.42 Å². The number of nitrogens with one attached hydrogen (secondary N) is 1. The van der Waals surface area contributed by atoms with Crippen LogP contribution in [0.3, 0.4) is 0 Å². The van der Waals surface area contributed by atoms with Crippen LogP contribution in [0.5, 0.6) is 0 Å². The van der Waals surface area contributed by atoms with Crippen molar-refractivity contribution in [2.24, 2.45) is 0 Å². The van der Waals surface area contributed by atoms with Gasteiger partial charge in [-0.3, -0.25) is 4.79 Å². The van der Waals surface area contributed by atoms with Gasteiger partial charge < -0.3 is 9.88 Å². The molecule has 0 spiro atoms. The second-order valence-corrected chi connectivity index (χ2v) is 5.39. The van der Waals surface area contributed by atoms with Crippen LogP contribution in [0.15, 0.2) is 29.2 Å². The third-order valence-electron chi connectivity index (χ3n) is 3.25. The van der Waals surface area contributed by atoms with Crippen LogP contribution in [0.1, 0.15) is 17.8 Å². The second kappa shape index (κ2) is 4.94. The van der Waals surface area contributed by atoms with E-state index in [-0.39, 0.29) is 11.9 Å². The van der Waals surface area contributed by atoms with Crippen molar-refractivity contribution in [3.8, 4) is 0 Å². The van der Waals surface area contributed by atoms with Gasteiger partial charge in [-0.1, -0.05) is 0 Å². The van der Waals surface area contributed by atoms with Gasteiger partial charge in [-0.15, -0.1) is 0 Å². The highest BCUT2D eigenvalue weighted by Crippen LogP contribution is 2.13. The minimum Gasteiger partial charge on any atom is -0.351 e. The molecule has 1 unspecified atom stereocenters. The maximum atomic E-state index is 11.9. The molecule has 4 nitrogen and oxygen atoms in total. The van der Waals surface area contributed by atoms with Gasteiger partial charge in [0, 0.05) is 31.4 Å². The first-order chi connectivity index (χ1) is 8.81. The summed E-state index contributed by atoms with van der Waals surface area (Å²) >= 11 is 1.63. The van der Waals surface area contributed by atoms with Gasteiger partial charge >= 0.3 is 0 Å². The van der Waals surface area contributed by atoms with Gasteiger partial charge in [-0.2, -0.15) is 11.3 Å². The predicted octanol–water partition coefficient (Wildman–Crippen LogP) is 1.62. The van der Waals surface area contributed by atoms with Gasteiger partial charge in [0.1, 0.15) is 5.82 Å². The summed E-state index contributed by atoms with van der Waals surface area (Å²) in [5.41, 5.74) is 1.09. The summed E-state index contributed by atoms with van der Waals surface area (Å²) in [4.78, 5) is 16.2. The molecular formula is C13H15N3OS. The lowest BCUT2D eigenvalue weighted by Gasteiger charge is -2.24. The van der Waals surface area contributed by atoms with Crippen molar-refractivity contribution >= 4 is 17.2 Å². The zero-order valence-corrected chi connectivity index (χ0v) is 10.8. The summed E-state index contributed by atoms with van der Waals surface area (Å²) in [7, 11) is 0. The zero-order chi connectivity index (χ0) is 12.4. The standard InChI is InChI=1S/C13H15N3OS/c17-13(7-10-3-6-18-9-10)15-11-1-2-12-14-4-5-16(12)8-11/h3-6,9,11H,1-2,7-8H2,(H,15,17). The van der Waals surface area contributed by atoms with E-state index in [1.165, 1.54) is 0 Å². The average Bonchev–Trinajstić information content (AvgIpc) is 2.98. The fraction of sp³-hybridized carbons (Fsp3) is 0.385. The third kappa shape index (κ3) is 2.46. The minimum atomic E-state index is 0.113. The van der Waals surface area contributed by atoms with Gasteiger partial charge in [0.25, 0.3) is 0 Å². The first-order valence-corrected chi connectivity index (χ1v) is 7.06. The van der Waals surface area contributed by atoms with E-state index in [9.17, 15) is 4.79 Å². The largest absolute Gasteiger partial charge is 0.351 e. The molecular weight excluding hydrogens is 246 g/mol. The van der Waals surface area contributed by atoms with Crippen LogP contribution in [0, 0.1) is 0 Å². The van der Waals surface area contributed by atoms with Crippen LogP contribution in [0.4, 0.5) is 0 Å². The van der Waals surface area contributed by atoms with Gasteiger partial charge in [-0.25, -0.2) is 4.98 Å². The predicted molar refractivity (Wildman–Crippen MR) is 70.5 cm³/mol. The summed E-state index contributed by atoms with van der Waals surface area (Å²) in [5, 5.41) is 7.13. The van der Waals surface area contributed by atoms with Crippen molar-refractivity contribution < 1.29 is 4.79 Å². The molecule has 1 aliphatic rings. The number of carbonyl (C=O) groups excluding carboxylic acids is 1. The number of imidazole rings is 1. The van der Waals surface area contributed by atoms with E-state index in [4.69, 9.17) is 0 Å². The molecule has 5 heteroatoms. The topological polar surface area (TPSA) is 46.9 Å². The van der Waals surface area contributed by atoms with Gasteiger partial charge in [0.2, 0.25) is 5.91 Å². The highest BCUT2D eigenvalue weighted by Gasteiger charge is 2.20. The molecule has 0 radical (unpaired) electrons.